The van der Waals surface area contributed by atoms with E-state index in [-0.39, 0.29) is 16.8 Å². The molecule has 0 bridgehead atoms. The van der Waals surface area contributed by atoms with Crippen molar-refractivity contribution in [3.05, 3.63) is 30.5 Å². The number of benzene rings is 1. The van der Waals surface area contributed by atoms with Crippen molar-refractivity contribution in [1.82, 2.24) is 19.9 Å². The molecule has 8 nitrogen and oxygen atoms in total. The van der Waals surface area contributed by atoms with Gasteiger partial charge in [-0.1, -0.05) is 17.3 Å². The van der Waals surface area contributed by atoms with Crippen molar-refractivity contribution in [3.63, 3.8) is 0 Å². The molecule has 132 valence electrons. The lowest BCUT2D eigenvalue weighted by molar-refractivity contribution is -0.137. The van der Waals surface area contributed by atoms with Crippen LogP contribution in [0.15, 0.2) is 35.4 Å². The first-order valence-electron chi connectivity index (χ1n) is 8.23. The molecule has 0 unspecified atom stereocenters. The summed E-state index contributed by atoms with van der Waals surface area (Å²) in [7, 11) is -3.70. The maximum absolute atomic E-state index is 12.0. The summed E-state index contributed by atoms with van der Waals surface area (Å²) in [6.07, 6.45) is 4.85. The number of primary sulfonamides is 1. The fraction of sp³-hybridized carbons (Fsp3) is 0.438. The van der Waals surface area contributed by atoms with E-state index < -0.39 is 10.0 Å². The number of carbonyl (C=O) groups is 1. The zero-order valence-corrected chi connectivity index (χ0v) is 14.4. The second-order valence-electron chi connectivity index (χ2n) is 6.75. The van der Waals surface area contributed by atoms with E-state index in [1.54, 1.807) is 16.8 Å². The highest BCUT2D eigenvalue weighted by Crippen LogP contribution is 2.34. The molecule has 1 aliphatic carbocycles. The van der Waals surface area contributed by atoms with Crippen LogP contribution in [0.4, 0.5) is 0 Å². The SMILES string of the molecule is NS(=O)(=O)c1ccc(-c2cn(C3CN(C(=O)CC4CC4)C3)nn2)cc1. The van der Waals surface area contributed by atoms with Crippen molar-refractivity contribution in [2.45, 2.75) is 30.2 Å². The van der Waals surface area contributed by atoms with Crippen LogP contribution in [0.3, 0.4) is 0 Å². The lowest BCUT2D eigenvalue weighted by Crippen LogP contribution is -2.51. The van der Waals surface area contributed by atoms with E-state index in [1.807, 2.05) is 11.1 Å². The van der Waals surface area contributed by atoms with E-state index in [0.717, 1.165) is 5.56 Å². The number of carbonyl (C=O) groups excluding carboxylic acids is 1. The average Bonchev–Trinajstić information content (AvgIpc) is 3.19. The van der Waals surface area contributed by atoms with Gasteiger partial charge in [0, 0.05) is 25.1 Å². The minimum Gasteiger partial charge on any atom is -0.338 e. The standard InChI is InChI=1S/C16H19N5O3S/c17-25(23,24)14-5-3-12(4-6-14)15-10-21(19-18-15)13-8-20(9-13)16(22)7-11-1-2-11/h3-6,10-11,13H,1-2,7-9H2,(H2,17,23,24). The number of likely N-dealkylation sites (tertiary alicyclic amines) is 1. The van der Waals surface area contributed by atoms with Gasteiger partial charge in [-0.05, 0) is 30.9 Å². The molecule has 4 rings (SSSR count). The van der Waals surface area contributed by atoms with Gasteiger partial charge in [0.1, 0.15) is 5.69 Å². The van der Waals surface area contributed by atoms with Crippen LogP contribution in [0.2, 0.25) is 0 Å². The van der Waals surface area contributed by atoms with Crippen molar-refractivity contribution >= 4 is 15.9 Å². The number of rotatable bonds is 5. The Morgan fingerprint density at radius 1 is 1.20 bits per heavy atom. The fourth-order valence-electron chi connectivity index (χ4n) is 2.93. The third kappa shape index (κ3) is 3.42. The van der Waals surface area contributed by atoms with Gasteiger partial charge in [-0.3, -0.25) is 4.79 Å². The summed E-state index contributed by atoms with van der Waals surface area (Å²) < 4.78 is 24.3. The first-order valence-corrected chi connectivity index (χ1v) is 9.77. The molecule has 2 fully saturated rings. The highest BCUT2D eigenvalue weighted by molar-refractivity contribution is 7.89. The van der Waals surface area contributed by atoms with Gasteiger partial charge >= 0.3 is 0 Å². The van der Waals surface area contributed by atoms with E-state index in [0.29, 0.717) is 31.1 Å². The highest BCUT2D eigenvalue weighted by Gasteiger charge is 2.35. The minimum absolute atomic E-state index is 0.0625. The number of nitrogens with zero attached hydrogens (tertiary/aromatic N) is 4. The molecule has 0 atom stereocenters. The van der Waals surface area contributed by atoms with Gasteiger partial charge in [0.05, 0.1) is 17.1 Å². The van der Waals surface area contributed by atoms with Crippen LogP contribution in [0.5, 0.6) is 0 Å². The van der Waals surface area contributed by atoms with Crippen molar-refractivity contribution in [1.29, 1.82) is 0 Å². The summed E-state index contributed by atoms with van der Waals surface area (Å²) in [5.74, 6) is 0.836. The molecule has 25 heavy (non-hydrogen) atoms. The Hall–Kier alpha value is -2.26. The summed E-state index contributed by atoms with van der Waals surface area (Å²) in [6, 6.07) is 6.35. The van der Waals surface area contributed by atoms with Crippen molar-refractivity contribution in [3.8, 4) is 11.3 Å². The van der Waals surface area contributed by atoms with Crippen LogP contribution in [0, 0.1) is 5.92 Å². The molecular weight excluding hydrogens is 342 g/mol. The molecule has 1 amide bonds. The first kappa shape index (κ1) is 16.2. The fourth-order valence-corrected chi connectivity index (χ4v) is 3.44. The van der Waals surface area contributed by atoms with Crippen LogP contribution in [-0.4, -0.2) is 47.3 Å². The summed E-state index contributed by atoms with van der Waals surface area (Å²) in [5.41, 5.74) is 1.42. The summed E-state index contributed by atoms with van der Waals surface area (Å²) in [4.78, 5) is 13.9. The van der Waals surface area contributed by atoms with Gasteiger partial charge in [-0.15, -0.1) is 5.10 Å². The van der Waals surface area contributed by atoms with E-state index in [4.69, 9.17) is 5.14 Å². The lowest BCUT2D eigenvalue weighted by atomic mass is 10.1. The van der Waals surface area contributed by atoms with Gasteiger partial charge in [0.15, 0.2) is 0 Å². The summed E-state index contributed by atoms with van der Waals surface area (Å²) in [5, 5.41) is 13.4. The number of sulfonamides is 1. The number of nitrogens with two attached hydrogens (primary N) is 1. The molecule has 2 N–H and O–H groups in total. The van der Waals surface area contributed by atoms with Crippen LogP contribution in [-0.2, 0) is 14.8 Å². The highest BCUT2D eigenvalue weighted by atomic mass is 32.2. The second-order valence-corrected chi connectivity index (χ2v) is 8.31. The third-order valence-electron chi connectivity index (χ3n) is 4.74. The molecule has 1 aliphatic heterocycles. The Balaban J connectivity index is 1.40. The number of aromatic nitrogens is 3. The molecule has 2 aliphatic rings. The van der Waals surface area contributed by atoms with Crippen molar-refractivity contribution in [2.24, 2.45) is 11.1 Å². The third-order valence-corrected chi connectivity index (χ3v) is 5.67. The van der Waals surface area contributed by atoms with Crippen LogP contribution in [0.1, 0.15) is 25.3 Å². The predicted molar refractivity (Wildman–Crippen MR) is 89.8 cm³/mol. The van der Waals surface area contributed by atoms with Gasteiger partial charge in [-0.2, -0.15) is 0 Å². The molecule has 1 aromatic carbocycles. The average molecular weight is 361 g/mol. The Morgan fingerprint density at radius 2 is 1.88 bits per heavy atom. The Bertz CT molecular complexity index is 896. The molecule has 9 heteroatoms. The molecular formula is C16H19N5O3S. The first-order chi connectivity index (χ1) is 11.9. The Morgan fingerprint density at radius 3 is 2.48 bits per heavy atom. The predicted octanol–water partition coefficient (Wildman–Crippen LogP) is 0.776. The Labute approximate surface area is 145 Å². The maximum atomic E-state index is 12.0. The lowest BCUT2D eigenvalue weighted by Gasteiger charge is -2.39. The second kappa shape index (κ2) is 5.92. The zero-order chi connectivity index (χ0) is 17.6. The molecule has 1 saturated carbocycles. The Kier molecular flexibility index (Phi) is 3.84. The zero-order valence-electron chi connectivity index (χ0n) is 13.6. The molecule has 0 spiro atoms. The van der Waals surface area contributed by atoms with Crippen molar-refractivity contribution < 1.29 is 13.2 Å². The summed E-state index contributed by atoms with van der Waals surface area (Å²) >= 11 is 0. The van der Waals surface area contributed by atoms with Gasteiger partial charge in [0.25, 0.3) is 0 Å². The van der Waals surface area contributed by atoms with Gasteiger partial charge in [0.2, 0.25) is 15.9 Å². The smallest absolute Gasteiger partial charge is 0.238 e. The topological polar surface area (TPSA) is 111 Å². The number of hydrogen-bond acceptors (Lipinski definition) is 5. The summed E-state index contributed by atoms with van der Waals surface area (Å²) in [6.45, 7) is 1.33. The molecule has 2 heterocycles. The van der Waals surface area contributed by atoms with E-state index in [1.165, 1.54) is 25.0 Å². The quantitative estimate of drug-likeness (QED) is 0.846. The number of amides is 1. The van der Waals surface area contributed by atoms with E-state index >= 15 is 0 Å². The largest absolute Gasteiger partial charge is 0.338 e. The maximum Gasteiger partial charge on any atom is 0.238 e. The van der Waals surface area contributed by atoms with Crippen LogP contribution in [0.25, 0.3) is 11.3 Å². The normalized spacial score (nSPS) is 18.2. The van der Waals surface area contributed by atoms with E-state index in [2.05, 4.69) is 10.3 Å². The molecule has 1 saturated heterocycles. The van der Waals surface area contributed by atoms with Gasteiger partial charge < -0.3 is 4.90 Å². The van der Waals surface area contributed by atoms with Crippen molar-refractivity contribution in [2.75, 3.05) is 13.1 Å². The van der Waals surface area contributed by atoms with Crippen LogP contribution < -0.4 is 5.14 Å². The molecule has 0 radical (unpaired) electrons. The minimum atomic E-state index is -3.70. The van der Waals surface area contributed by atoms with E-state index in [9.17, 15) is 13.2 Å². The number of hydrogen-bond donors (Lipinski definition) is 1. The molecule has 2 aromatic rings. The van der Waals surface area contributed by atoms with Crippen LogP contribution >= 0.6 is 0 Å². The molecule has 1 aromatic heterocycles. The van der Waals surface area contributed by atoms with Gasteiger partial charge in [-0.25, -0.2) is 18.2 Å². The monoisotopic (exact) mass is 361 g/mol.